The standard InChI is InChI=1S/C71H29F27N4/c72-63(73,74)42-5-10-51(40(19-42)30-99)56-29-62(102-59-22-34(38-15-47(68(87,88)89)27-48(16-38)69(90,91)92)3-8-54(59)55-9-4-35(23-60(55)102)39-17-49(70(93,94)95)28-50(18-39)71(96,97)98)61(24-41(56)31-100)101-57-20-32(36-11-43(64(75,76)77)25-44(12-36)65(78,79)80)1-6-52(57)53-7-2-33(21-58(53)101)37-13-45(66(81,82)83)26-46(14-37)67(84,85)86/h1-29H. The lowest BCUT2D eigenvalue weighted by Crippen LogP contribution is -2.11. The van der Waals surface area contributed by atoms with E-state index in [1.807, 2.05) is 0 Å². The Hall–Kier alpha value is -11.1. The molecule has 4 nitrogen and oxygen atoms in total. The van der Waals surface area contributed by atoms with Crippen LogP contribution < -0.4 is 0 Å². The maximum absolute atomic E-state index is 14.6. The van der Waals surface area contributed by atoms with Crippen LogP contribution in [0.3, 0.4) is 0 Å². The molecule has 0 fully saturated rings. The molecule has 522 valence electrons. The number of aromatic nitrogens is 2. The molecule has 0 saturated heterocycles. The van der Waals surface area contributed by atoms with Gasteiger partial charge in [0.1, 0.15) is 0 Å². The summed E-state index contributed by atoms with van der Waals surface area (Å²) in [5.74, 6) is 0. The molecule has 2 aromatic heterocycles. The molecule has 0 spiro atoms. The molecule has 0 aliphatic rings. The fourth-order valence-corrected chi connectivity index (χ4v) is 12.1. The summed E-state index contributed by atoms with van der Waals surface area (Å²) >= 11 is 0. The number of rotatable bonds is 7. The van der Waals surface area contributed by atoms with E-state index in [4.69, 9.17) is 0 Å². The lowest BCUT2D eigenvalue weighted by atomic mass is 9.93. The molecular formula is C71H29F27N4. The van der Waals surface area contributed by atoms with Crippen molar-refractivity contribution in [2.24, 2.45) is 0 Å². The van der Waals surface area contributed by atoms with Crippen LogP contribution in [0.4, 0.5) is 119 Å². The Morgan fingerprint density at radius 2 is 0.431 bits per heavy atom. The molecule has 12 rings (SSSR count). The first-order valence-electron chi connectivity index (χ1n) is 28.7. The predicted octanol–water partition coefficient (Wildman–Crippen LogP) is 25.1. The highest BCUT2D eigenvalue weighted by molar-refractivity contribution is 6.14. The second kappa shape index (κ2) is 23.8. The van der Waals surface area contributed by atoms with Gasteiger partial charge in [-0.1, -0.05) is 54.6 Å². The molecule has 10 aromatic carbocycles. The fraction of sp³-hybridized carbons (Fsp3) is 0.127. The van der Waals surface area contributed by atoms with Gasteiger partial charge in [-0.25, -0.2) is 0 Å². The zero-order valence-electron chi connectivity index (χ0n) is 49.7. The van der Waals surface area contributed by atoms with Gasteiger partial charge in [-0.05, 0) is 166 Å². The average Bonchev–Trinajstić information content (AvgIpc) is 1.54. The van der Waals surface area contributed by atoms with Crippen LogP contribution in [0.2, 0.25) is 0 Å². The van der Waals surface area contributed by atoms with Gasteiger partial charge in [-0.15, -0.1) is 0 Å². The molecule has 102 heavy (non-hydrogen) atoms. The van der Waals surface area contributed by atoms with Crippen molar-refractivity contribution in [3.8, 4) is 79.1 Å². The number of hydrogen-bond donors (Lipinski definition) is 0. The highest BCUT2D eigenvalue weighted by Crippen LogP contribution is 2.50. The number of fused-ring (bicyclic) bond motifs is 6. The van der Waals surface area contributed by atoms with Gasteiger partial charge in [-0.3, -0.25) is 0 Å². The van der Waals surface area contributed by atoms with Gasteiger partial charge in [0.2, 0.25) is 0 Å². The van der Waals surface area contributed by atoms with Crippen molar-refractivity contribution < 1.29 is 119 Å². The van der Waals surface area contributed by atoms with Gasteiger partial charge < -0.3 is 9.13 Å². The van der Waals surface area contributed by atoms with Crippen molar-refractivity contribution in [3.63, 3.8) is 0 Å². The molecule has 0 N–H and O–H groups in total. The van der Waals surface area contributed by atoms with Gasteiger partial charge in [-0.2, -0.15) is 129 Å². The quantitative estimate of drug-likeness (QED) is 0.149. The van der Waals surface area contributed by atoms with E-state index in [9.17, 15) is 129 Å². The van der Waals surface area contributed by atoms with Gasteiger partial charge in [0.15, 0.2) is 0 Å². The Kier molecular flexibility index (Phi) is 16.5. The van der Waals surface area contributed by atoms with Crippen molar-refractivity contribution in [2.75, 3.05) is 0 Å². The van der Waals surface area contributed by atoms with E-state index in [1.165, 1.54) is 0 Å². The first-order chi connectivity index (χ1) is 47.1. The minimum Gasteiger partial charge on any atom is -0.307 e. The van der Waals surface area contributed by atoms with Crippen molar-refractivity contribution >= 4 is 43.6 Å². The summed E-state index contributed by atoms with van der Waals surface area (Å²) in [7, 11) is 0. The normalized spacial score (nSPS) is 13.2. The molecule has 0 saturated carbocycles. The second-order valence-corrected chi connectivity index (χ2v) is 23.1. The molecule has 0 radical (unpaired) electrons. The zero-order chi connectivity index (χ0) is 74.5. The molecule has 0 aliphatic heterocycles. The van der Waals surface area contributed by atoms with Crippen molar-refractivity contribution in [1.82, 2.24) is 9.13 Å². The Balaban J connectivity index is 1.31. The van der Waals surface area contributed by atoms with Crippen LogP contribution in [0.25, 0.3) is 111 Å². The van der Waals surface area contributed by atoms with Crippen LogP contribution in [-0.4, -0.2) is 9.13 Å². The summed E-state index contributed by atoms with van der Waals surface area (Å²) in [6.07, 6.45) is -49.3. The van der Waals surface area contributed by atoms with E-state index in [-0.39, 0.29) is 94.3 Å². The third kappa shape index (κ3) is 13.2. The molecule has 0 bridgehead atoms. The Morgan fingerprint density at radius 1 is 0.206 bits per heavy atom. The molecule has 0 aliphatic carbocycles. The minimum atomic E-state index is -5.51. The van der Waals surface area contributed by atoms with Crippen LogP contribution in [0.15, 0.2) is 176 Å². The third-order valence-electron chi connectivity index (χ3n) is 16.7. The molecule has 0 amide bonds. The number of hydrogen-bond acceptors (Lipinski definition) is 2. The topological polar surface area (TPSA) is 57.4 Å². The molecule has 12 aromatic rings. The summed E-state index contributed by atoms with van der Waals surface area (Å²) in [6.45, 7) is 0. The number of benzene rings is 10. The maximum Gasteiger partial charge on any atom is 0.416 e. The van der Waals surface area contributed by atoms with Crippen LogP contribution in [0.5, 0.6) is 0 Å². The van der Waals surface area contributed by atoms with E-state index in [2.05, 4.69) is 0 Å². The monoisotopic (exact) mass is 1450 g/mol. The second-order valence-electron chi connectivity index (χ2n) is 23.1. The summed E-state index contributed by atoms with van der Waals surface area (Å²) in [5, 5.41) is 21.0. The highest BCUT2D eigenvalue weighted by Gasteiger charge is 2.42. The first kappa shape index (κ1) is 70.7. The molecule has 31 heteroatoms. The van der Waals surface area contributed by atoms with Crippen molar-refractivity contribution in [3.05, 3.63) is 237 Å². The Bertz CT molecular complexity index is 5140. The van der Waals surface area contributed by atoms with E-state index in [0.717, 1.165) is 94.1 Å². The van der Waals surface area contributed by atoms with Gasteiger partial charge in [0, 0.05) is 32.7 Å². The summed E-state index contributed by atoms with van der Waals surface area (Å²) in [6, 6.07) is 19.4. The predicted molar refractivity (Wildman–Crippen MR) is 317 cm³/mol. The molecule has 0 atom stereocenters. The van der Waals surface area contributed by atoms with Crippen molar-refractivity contribution in [2.45, 2.75) is 55.6 Å². The summed E-state index contributed by atoms with van der Waals surface area (Å²) < 4.78 is 395. The van der Waals surface area contributed by atoms with E-state index < -0.39 is 206 Å². The third-order valence-corrected chi connectivity index (χ3v) is 16.7. The summed E-state index contributed by atoms with van der Waals surface area (Å²) in [4.78, 5) is 0. The average molecular weight is 1450 g/mol. The molecule has 2 heterocycles. The number of alkyl halides is 27. The van der Waals surface area contributed by atoms with E-state index in [0.29, 0.717) is 18.2 Å². The van der Waals surface area contributed by atoms with E-state index >= 15 is 0 Å². The lowest BCUT2D eigenvalue weighted by molar-refractivity contribution is -0.144. The maximum atomic E-state index is 14.6. The lowest BCUT2D eigenvalue weighted by Gasteiger charge is -2.21. The first-order valence-corrected chi connectivity index (χ1v) is 28.7. The number of halogens is 27. The van der Waals surface area contributed by atoms with Crippen LogP contribution in [0, 0.1) is 22.7 Å². The largest absolute Gasteiger partial charge is 0.416 e. The zero-order valence-corrected chi connectivity index (χ0v) is 49.7. The number of nitriles is 2. The Labute approximate surface area is 552 Å². The SMILES string of the molecule is N#Cc1cc(C(F)(F)F)ccc1-c1cc(-n2c3cc(-c4cc(C(F)(F)F)cc(C(F)(F)F)c4)ccc3c3ccc(-c4cc(C(F)(F)F)cc(C(F)(F)F)c4)cc32)c(-n2c3cc(-c4cc(C(F)(F)F)cc(C(F)(F)F)c4)ccc3c3ccc(-c4cc(C(F)(F)F)cc(C(F)(F)F)c4)cc32)cc1C#N. The fourth-order valence-electron chi connectivity index (χ4n) is 12.1. The highest BCUT2D eigenvalue weighted by atomic mass is 19.4. The Morgan fingerprint density at radius 3 is 0.657 bits per heavy atom. The smallest absolute Gasteiger partial charge is 0.307 e. The van der Waals surface area contributed by atoms with Gasteiger partial charge in [0.25, 0.3) is 0 Å². The minimum absolute atomic E-state index is 0.173. The van der Waals surface area contributed by atoms with Gasteiger partial charge in [0.05, 0.1) is 107 Å². The van der Waals surface area contributed by atoms with E-state index in [1.54, 1.807) is 12.1 Å². The van der Waals surface area contributed by atoms with Gasteiger partial charge >= 0.3 is 55.6 Å². The van der Waals surface area contributed by atoms with Crippen LogP contribution in [0.1, 0.15) is 61.2 Å². The number of nitrogens with zero attached hydrogens (tertiary/aromatic N) is 4. The summed E-state index contributed by atoms with van der Waals surface area (Å²) in [5.41, 5.74) is -28.1. The van der Waals surface area contributed by atoms with Crippen LogP contribution >= 0.6 is 0 Å². The molecule has 0 unspecified atom stereocenters. The van der Waals surface area contributed by atoms with Crippen molar-refractivity contribution in [1.29, 1.82) is 10.5 Å². The van der Waals surface area contributed by atoms with Crippen LogP contribution in [-0.2, 0) is 55.6 Å². The molecular weight excluding hydrogens is 1420 g/mol.